The van der Waals surface area contributed by atoms with E-state index in [0.717, 1.165) is 21.0 Å². The number of hydrogen-bond donors (Lipinski definition) is 1. The van der Waals surface area contributed by atoms with Gasteiger partial charge in [-0.3, -0.25) is 9.10 Å². The number of nitrogens with one attached hydrogen (secondary N) is 1. The molecule has 1 amide bonds. The third kappa shape index (κ3) is 7.48. The molecule has 0 spiro atoms. The highest BCUT2D eigenvalue weighted by Gasteiger charge is 2.27. The third-order valence-electron chi connectivity index (χ3n) is 6.07. The van der Waals surface area contributed by atoms with Crippen LogP contribution in [0.4, 0.5) is 5.69 Å². The van der Waals surface area contributed by atoms with E-state index in [1.165, 1.54) is 31.0 Å². The molecule has 0 aliphatic carbocycles. The summed E-state index contributed by atoms with van der Waals surface area (Å²) in [6.07, 6.45) is 1.48. The third-order valence-corrected chi connectivity index (χ3v) is 7.85. The highest BCUT2D eigenvalue weighted by atomic mass is 32.2. The molecule has 0 atom stereocenters. The number of carbonyl (C=O) groups is 1. The number of benzene rings is 4. The van der Waals surface area contributed by atoms with Crippen molar-refractivity contribution in [1.82, 2.24) is 5.43 Å². The topological polar surface area (TPSA) is 97.3 Å². The predicted octanol–water partition coefficient (Wildman–Crippen LogP) is 5.24. The summed E-state index contributed by atoms with van der Waals surface area (Å²) in [5, 5.41) is 4.01. The van der Waals surface area contributed by atoms with Crippen molar-refractivity contribution in [3.05, 3.63) is 119 Å². The minimum absolute atomic E-state index is 0.0786. The lowest BCUT2D eigenvalue weighted by atomic mass is 10.2. The van der Waals surface area contributed by atoms with Crippen molar-refractivity contribution in [2.24, 2.45) is 5.10 Å². The van der Waals surface area contributed by atoms with E-state index in [1.807, 2.05) is 62.4 Å². The van der Waals surface area contributed by atoms with Crippen LogP contribution in [0.2, 0.25) is 0 Å². The number of anilines is 1. The van der Waals surface area contributed by atoms with Crippen LogP contribution in [0.3, 0.4) is 0 Å². The first-order chi connectivity index (χ1) is 19.2. The van der Waals surface area contributed by atoms with Crippen LogP contribution in [0.5, 0.6) is 11.5 Å². The van der Waals surface area contributed by atoms with Gasteiger partial charge in [0.25, 0.3) is 15.9 Å². The molecule has 4 aromatic rings. The summed E-state index contributed by atoms with van der Waals surface area (Å²) in [5.74, 6) is 0.677. The van der Waals surface area contributed by atoms with Crippen molar-refractivity contribution >= 4 is 27.8 Å². The Balaban J connectivity index is 1.41. The van der Waals surface area contributed by atoms with Gasteiger partial charge in [0, 0.05) is 0 Å². The molecular weight excluding hydrogens is 526 g/mol. The monoisotopic (exact) mass is 557 g/mol. The molecule has 0 aliphatic heterocycles. The zero-order valence-electron chi connectivity index (χ0n) is 22.6. The number of methoxy groups -OCH3 is 1. The fraction of sp³-hybridized carbons (Fsp3) is 0.161. The van der Waals surface area contributed by atoms with E-state index >= 15 is 0 Å². The Kier molecular flexibility index (Phi) is 9.19. The minimum Gasteiger partial charge on any atom is -0.497 e. The van der Waals surface area contributed by atoms with Crippen LogP contribution in [0.25, 0.3) is 0 Å². The van der Waals surface area contributed by atoms with Gasteiger partial charge in [-0.25, -0.2) is 13.8 Å². The van der Waals surface area contributed by atoms with E-state index in [1.54, 1.807) is 36.4 Å². The smallest absolute Gasteiger partial charge is 0.264 e. The summed E-state index contributed by atoms with van der Waals surface area (Å²) >= 11 is 0. The van der Waals surface area contributed by atoms with Gasteiger partial charge in [-0.05, 0) is 85.6 Å². The van der Waals surface area contributed by atoms with Gasteiger partial charge in [-0.15, -0.1) is 0 Å². The molecule has 0 unspecified atom stereocenters. The van der Waals surface area contributed by atoms with Crippen LogP contribution in [0, 0.1) is 13.8 Å². The number of rotatable bonds is 11. The molecule has 0 bridgehead atoms. The number of aryl methyl sites for hydroxylation is 2. The molecule has 0 aromatic heterocycles. The Hall–Kier alpha value is -4.63. The van der Waals surface area contributed by atoms with Crippen molar-refractivity contribution in [3.63, 3.8) is 0 Å². The van der Waals surface area contributed by atoms with E-state index in [-0.39, 0.29) is 4.90 Å². The lowest BCUT2D eigenvalue weighted by Crippen LogP contribution is -2.39. The van der Waals surface area contributed by atoms with Crippen LogP contribution in [-0.2, 0) is 21.4 Å². The molecule has 4 rings (SSSR count). The van der Waals surface area contributed by atoms with Gasteiger partial charge >= 0.3 is 0 Å². The molecule has 4 aromatic carbocycles. The molecule has 206 valence electrons. The van der Waals surface area contributed by atoms with E-state index in [4.69, 9.17) is 9.47 Å². The average molecular weight is 558 g/mol. The van der Waals surface area contributed by atoms with Crippen molar-refractivity contribution < 1.29 is 22.7 Å². The quantitative estimate of drug-likeness (QED) is 0.201. The van der Waals surface area contributed by atoms with Crippen LogP contribution in [-0.4, -0.2) is 34.2 Å². The normalized spacial score (nSPS) is 11.3. The summed E-state index contributed by atoms with van der Waals surface area (Å²) in [5.41, 5.74) is 6.68. The summed E-state index contributed by atoms with van der Waals surface area (Å²) < 4.78 is 39.0. The Morgan fingerprint density at radius 1 is 0.825 bits per heavy atom. The molecule has 0 saturated heterocycles. The van der Waals surface area contributed by atoms with Gasteiger partial charge in [0.05, 0.1) is 23.9 Å². The summed E-state index contributed by atoms with van der Waals surface area (Å²) in [4.78, 5) is 12.9. The minimum atomic E-state index is -4.03. The fourth-order valence-corrected chi connectivity index (χ4v) is 5.17. The first kappa shape index (κ1) is 28.4. The van der Waals surface area contributed by atoms with Crippen molar-refractivity contribution in [2.45, 2.75) is 25.3 Å². The molecule has 0 saturated carbocycles. The fourth-order valence-electron chi connectivity index (χ4n) is 3.75. The van der Waals surface area contributed by atoms with Crippen LogP contribution >= 0.6 is 0 Å². The van der Waals surface area contributed by atoms with Gasteiger partial charge < -0.3 is 9.47 Å². The number of nitrogens with zero attached hydrogens (tertiary/aromatic N) is 2. The molecule has 1 N–H and O–H groups in total. The Bertz CT molecular complexity index is 1550. The molecule has 0 fully saturated rings. The lowest BCUT2D eigenvalue weighted by molar-refractivity contribution is -0.119. The number of amides is 1. The number of hydrogen-bond acceptors (Lipinski definition) is 6. The number of carbonyl (C=O) groups excluding carboxylic acids is 1. The maximum Gasteiger partial charge on any atom is 0.264 e. The average Bonchev–Trinajstić information content (AvgIpc) is 2.96. The standard InChI is InChI=1S/C31H31N3O5S/c1-23-4-8-26(9-5-23)22-39-29-14-10-25(11-15-29)20-32-33-31(35)21-34(27-12-16-28(38-3)17-13-27)40(36,37)30-18-6-24(2)7-19-30/h4-20H,21-22H2,1-3H3,(H,33,35)/b32-20-. The zero-order valence-corrected chi connectivity index (χ0v) is 23.4. The second kappa shape index (κ2) is 12.9. The van der Waals surface area contributed by atoms with Crippen molar-refractivity contribution in [1.29, 1.82) is 0 Å². The second-order valence-corrected chi connectivity index (χ2v) is 11.0. The molecular formula is C31H31N3O5S. The molecule has 0 aliphatic rings. The molecule has 0 heterocycles. The van der Waals surface area contributed by atoms with E-state index in [9.17, 15) is 13.2 Å². The summed E-state index contributed by atoms with van der Waals surface area (Å²) in [6, 6.07) is 28.3. The number of hydrazone groups is 1. The van der Waals surface area contributed by atoms with E-state index in [2.05, 4.69) is 10.5 Å². The van der Waals surface area contributed by atoms with Gasteiger partial charge in [0.2, 0.25) is 0 Å². The Labute approximate surface area is 234 Å². The largest absolute Gasteiger partial charge is 0.497 e. The SMILES string of the molecule is COc1ccc(N(CC(=O)N/N=C\c2ccc(OCc3ccc(C)cc3)cc2)S(=O)(=O)c2ccc(C)cc2)cc1. The van der Waals surface area contributed by atoms with Crippen molar-refractivity contribution in [2.75, 3.05) is 18.0 Å². The Morgan fingerprint density at radius 2 is 1.40 bits per heavy atom. The first-order valence-corrected chi connectivity index (χ1v) is 14.0. The number of ether oxygens (including phenoxy) is 2. The predicted molar refractivity (Wildman–Crippen MR) is 156 cm³/mol. The molecule has 0 radical (unpaired) electrons. The highest BCUT2D eigenvalue weighted by molar-refractivity contribution is 7.92. The molecule has 40 heavy (non-hydrogen) atoms. The maximum atomic E-state index is 13.5. The zero-order chi connectivity index (χ0) is 28.5. The van der Waals surface area contributed by atoms with Gasteiger partial charge in [0.1, 0.15) is 24.7 Å². The highest BCUT2D eigenvalue weighted by Crippen LogP contribution is 2.26. The number of sulfonamides is 1. The van der Waals surface area contributed by atoms with Crippen molar-refractivity contribution in [3.8, 4) is 11.5 Å². The van der Waals surface area contributed by atoms with Gasteiger partial charge in [0.15, 0.2) is 0 Å². The molecule has 8 nitrogen and oxygen atoms in total. The van der Waals surface area contributed by atoms with Gasteiger partial charge in [-0.2, -0.15) is 5.10 Å². The molecule has 9 heteroatoms. The first-order valence-electron chi connectivity index (χ1n) is 12.6. The van der Waals surface area contributed by atoms with E-state index in [0.29, 0.717) is 23.8 Å². The van der Waals surface area contributed by atoms with E-state index < -0.39 is 22.5 Å². The van der Waals surface area contributed by atoms with Gasteiger partial charge in [-0.1, -0.05) is 47.5 Å². The van der Waals surface area contributed by atoms with Crippen LogP contribution < -0.4 is 19.2 Å². The maximum absolute atomic E-state index is 13.5. The summed E-state index contributed by atoms with van der Waals surface area (Å²) in [6.45, 7) is 3.90. The lowest BCUT2D eigenvalue weighted by Gasteiger charge is -2.24. The summed E-state index contributed by atoms with van der Waals surface area (Å²) in [7, 11) is -2.51. The van der Waals surface area contributed by atoms with Crippen LogP contribution in [0.1, 0.15) is 22.3 Å². The Morgan fingerprint density at radius 3 is 2.00 bits per heavy atom. The van der Waals surface area contributed by atoms with Crippen LogP contribution in [0.15, 0.2) is 107 Å². The second-order valence-electron chi connectivity index (χ2n) is 9.16.